The van der Waals surface area contributed by atoms with E-state index in [-0.39, 0.29) is 5.56 Å². The van der Waals surface area contributed by atoms with Crippen LogP contribution in [0.4, 0.5) is 4.39 Å². The van der Waals surface area contributed by atoms with Gasteiger partial charge >= 0.3 is 0 Å². The van der Waals surface area contributed by atoms with E-state index in [2.05, 4.69) is 4.98 Å². The highest BCUT2D eigenvalue weighted by molar-refractivity contribution is 5.92. The van der Waals surface area contributed by atoms with Crippen molar-refractivity contribution in [2.75, 3.05) is 0 Å². The van der Waals surface area contributed by atoms with Crippen LogP contribution in [0.25, 0.3) is 0 Å². The average Bonchev–Trinajstić information content (AvgIpc) is 1.88. The van der Waals surface area contributed by atoms with Gasteiger partial charge in [-0.1, -0.05) is 0 Å². The Labute approximate surface area is 56.7 Å². The first kappa shape index (κ1) is 6.67. The fourth-order valence-corrected chi connectivity index (χ4v) is 0.570. The number of hydrogen-bond donors (Lipinski definition) is 1. The minimum absolute atomic E-state index is 0.178. The molecule has 1 amide bonds. The Kier molecular flexibility index (Phi) is 1.62. The lowest BCUT2D eigenvalue weighted by Gasteiger charge is -1.92. The maximum atomic E-state index is 12.4. The fraction of sp³-hybridized carbons (Fsp3) is 0. The van der Waals surface area contributed by atoms with Gasteiger partial charge in [0.15, 0.2) is 0 Å². The molecule has 0 spiro atoms. The van der Waals surface area contributed by atoms with E-state index in [1.165, 1.54) is 18.3 Å². The van der Waals surface area contributed by atoms with Gasteiger partial charge in [-0.2, -0.15) is 4.39 Å². The summed E-state index contributed by atoms with van der Waals surface area (Å²) in [6, 6.07) is 2.73. The molecular weight excluding hydrogens is 134 g/mol. The Morgan fingerprint density at radius 2 is 2.40 bits per heavy atom. The van der Waals surface area contributed by atoms with Crippen molar-refractivity contribution in [3.8, 4) is 0 Å². The Morgan fingerprint density at radius 3 is 2.80 bits per heavy atom. The van der Waals surface area contributed by atoms with Crippen molar-refractivity contribution in [3.05, 3.63) is 29.8 Å². The maximum Gasteiger partial charge on any atom is 0.253 e. The van der Waals surface area contributed by atoms with Gasteiger partial charge in [-0.25, -0.2) is 4.98 Å². The van der Waals surface area contributed by atoms with Crippen LogP contribution < -0.4 is 5.73 Å². The number of halogens is 1. The molecule has 1 heterocycles. The molecule has 1 aromatic heterocycles. The molecule has 0 aliphatic rings. The van der Waals surface area contributed by atoms with Gasteiger partial charge < -0.3 is 5.73 Å². The summed E-state index contributed by atoms with van der Waals surface area (Å²) in [5, 5.41) is 0. The van der Waals surface area contributed by atoms with Gasteiger partial charge in [-0.15, -0.1) is 0 Å². The number of amides is 1. The molecule has 0 unspecified atom stereocenters. The molecule has 4 heteroatoms. The van der Waals surface area contributed by atoms with E-state index in [1.807, 2.05) is 0 Å². The smallest absolute Gasteiger partial charge is 0.253 e. The first-order valence-electron chi connectivity index (χ1n) is 2.62. The van der Waals surface area contributed by atoms with Crippen LogP contribution >= 0.6 is 0 Å². The molecule has 3 nitrogen and oxygen atoms in total. The SMILES string of the molecule is NC(=O)c1cccnc1[18F]. The number of carbonyl (C=O) groups is 1. The van der Waals surface area contributed by atoms with E-state index >= 15 is 0 Å². The molecule has 0 bridgehead atoms. The fourth-order valence-electron chi connectivity index (χ4n) is 0.570. The van der Waals surface area contributed by atoms with Crippen molar-refractivity contribution in [3.63, 3.8) is 0 Å². The van der Waals surface area contributed by atoms with Crippen LogP contribution in [0, 0.1) is 5.95 Å². The van der Waals surface area contributed by atoms with Crippen molar-refractivity contribution in [2.45, 2.75) is 0 Å². The summed E-state index contributed by atoms with van der Waals surface area (Å²) in [4.78, 5) is 13.6. The molecule has 1 rings (SSSR count). The highest BCUT2D eigenvalue weighted by Crippen LogP contribution is 2.00. The summed E-state index contributed by atoms with van der Waals surface area (Å²) in [7, 11) is 0. The zero-order valence-corrected chi connectivity index (χ0v) is 5.04. The van der Waals surface area contributed by atoms with Gasteiger partial charge in [0.1, 0.15) is 0 Å². The topological polar surface area (TPSA) is 56.0 Å². The minimum atomic E-state index is -0.824. The van der Waals surface area contributed by atoms with Crippen molar-refractivity contribution < 1.29 is 9.18 Å². The molecule has 0 atom stereocenters. The summed E-state index contributed by atoms with van der Waals surface area (Å²) in [6.07, 6.45) is 1.25. The molecule has 2 N–H and O–H groups in total. The van der Waals surface area contributed by atoms with Crippen molar-refractivity contribution >= 4 is 5.91 Å². The zero-order valence-electron chi connectivity index (χ0n) is 5.04. The standard InChI is InChI=1S/C6H5FN2O/c7-5-4(6(8)10)2-1-3-9-5/h1-3H,(H2,8,10)/i7-1. The lowest BCUT2D eigenvalue weighted by molar-refractivity contribution is 0.0995. The Bertz CT molecular complexity index is 262. The second-order valence-corrected chi connectivity index (χ2v) is 1.71. The van der Waals surface area contributed by atoms with Gasteiger partial charge in [-0.3, -0.25) is 4.79 Å². The normalized spacial score (nSPS) is 9.30. The predicted molar refractivity (Wildman–Crippen MR) is 32.7 cm³/mol. The van der Waals surface area contributed by atoms with E-state index in [4.69, 9.17) is 5.73 Å². The van der Waals surface area contributed by atoms with Crippen LogP contribution in [-0.2, 0) is 0 Å². The number of nitrogens with zero attached hydrogens (tertiary/aromatic N) is 1. The van der Waals surface area contributed by atoms with Crippen molar-refractivity contribution in [1.82, 2.24) is 4.98 Å². The Hall–Kier alpha value is -1.45. The highest BCUT2D eigenvalue weighted by atomic mass is 18.2. The van der Waals surface area contributed by atoms with Crippen LogP contribution in [0.1, 0.15) is 10.4 Å². The van der Waals surface area contributed by atoms with Gasteiger partial charge in [-0.05, 0) is 12.1 Å². The second kappa shape index (κ2) is 2.43. The van der Waals surface area contributed by atoms with E-state index < -0.39 is 11.9 Å². The molecule has 52 valence electrons. The zero-order chi connectivity index (χ0) is 7.56. The van der Waals surface area contributed by atoms with Crippen LogP contribution in [-0.4, -0.2) is 10.9 Å². The summed E-state index contributed by atoms with van der Waals surface area (Å²) < 4.78 is 12.4. The van der Waals surface area contributed by atoms with E-state index in [0.717, 1.165) is 0 Å². The van der Waals surface area contributed by atoms with Crippen molar-refractivity contribution in [1.29, 1.82) is 0 Å². The Balaban J connectivity index is 3.15. The third-order valence-corrected chi connectivity index (χ3v) is 1.02. The number of primary amides is 1. The molecule has 0 saturated carbocycles. The maximum absolute atomic E-state index is 12.4. The van der Waals surface area contributed by atoms with Crippen LogP contribution in [0.15, 0.2) is 18.3 Å². The molecule has 0 fully saturated rings. The van der Waals surface area contributed by atoms with Crippen LogP contribution in [0.2, 0.25) is 0 Å². The molecule has 1 aromatic rings. The van der Waals surface area contributed by atoms with Crippen molar-refractivity contribution in [2.24, 2.45) is 5.73 Å². The lowest BCUT2D eigenvalue weighted by atomic mass is 10.3. The number of pyridine rings is 1. The quantitative estimate of drug-likeness (QED) is 0.569. The first-order valence-corrected chi connectivity index (χ1v) is 2.62. The van der Waals surface area contributed by atoms with Gasteiger partial charge in [0.05, 0.1) is 5.56 Å². The molecule has 0 aliphatic heterocycles. The van der Waals surface area contributed by atoms with E-state index in [0.29, 0.717) is 0 Å². The number of rotatable bonds is 1. The number of hydrogen-bond acceptors (Lipinski definition) is 2. The summed E-state index contributed by atoms with van der Waals surface area (Å²) in [6.45, 7) is 0. The van der Waals surface area contributed by atoms with Crippen LogP contribution in [0.3, 0.4) is 0 Å². The largest absolute Gasteiger partial charge is 0.365 e. The first-order chi connectivity index (χ1) is 4.72. The number of nitrogens with two attached hydrogens (primary N) is 1. The lowest BCUT2D eigenvalue weighted by Crippen LogP contribution is -2.13. The molecule has 0 aliphatic carbocycles. The summed E-state index contributed by atoms with van der Waals surface area (Å²) >= 11 is 0. The molecule has 0 radical (unpaired) electrons. The average molecular weight is 139 g/mol. The van der Waals surface area contributed by atoms with E-state index in [1.54, 1.807) is 0 Å². The van der Waals surface area contributed by atoms with Crippen LogP contribution in [0.5, 0.6) is 0 Å². The third kappa shape index (κ3) is 1.10. The molecule has 0 saturated heterocycles. The Morgan fingerprint density at radius 1 is 1.70 bits per heavy atom. The summed E-state index contributed by atoms with van der Waals surface area (Å²) in [5.41, 5.74) is 4.62. The summed E-state index contributed by atoms with van der Waals surface area (Å²) in [5.74, 6) is -1.62. The minimum Gasteiger partial charge on any atom is -0.365 e. The van der Waals surface area contributed by atoms with E-state index in [9.17, 15) is 9.18 Å². The third-order valence-electron chi connectivity index (χ3n) is 1.02. The molecular formula is C6H5FN2O. The number of aromatic nitrogens is 1. The van der Waals surface area contributed by atoms with Gasteiger partial charge in [0.2, 0.25) is 5.95 Å². The predicted octanol–water partition coefficient (Wildman–Crippen LogP) is 0.320. The molecule has 0 aromatic carbocycles. The molecule has 10 heavy (non-hydrogen) atoms. The van der Waals surface area contributed by atoms with Gasteiger partial charge in [0.25, 0.3) is 5.91 Å². The number of carbonyl (C=O) groups excluding carboxylic acids is 1. The monoisotopic (exact) mass is 139 g/mol. The van der Waals surface area contributed by atoms with Gasteiger partial charge in [0, 0.05) is 6.20 Å². The second-order valence-electron chi connectivity index (χ2n) is 1.71. The highest BCUT2D eigenvalue weighted by Gasteiger charge is 2.05.